The maximum Gasteiger partial charge on any atom is 0.171 e. The van der Waals surface area contributed by atoms with Crippen molar-refractivity contribution < 1.29 is 4.57 Å². The summed E-state index contributed by atoms with van der Waals surface area (Å²) in [6, 6.07) is 56.3. The molecule has 0 saturated heterocycles. The number of hydrogen-bond donors (Lipinski definition) is 0. The molecule has 56 heavy (non-hydrogen) atoms. The Kier molecular flexibility index (Phi) is 9.15. The van der Waals surface area contributed by atoms with Gasteiger partial charge in [-0.1, -0.05) is 171 Å². The zero-order valence-corrected chi connectivity index (χ0v) is 31.8. The van der Waals surface area contributed by atoms with E-state index in [1.54, 1.807) is 6.08 Å². The fourth-order valence-corrected chi connectivity index (χ4v) is 10.7. The Hall–Kier alpha value is -6.93. The molecule has 3 nitrogen and oxygen atoms in total. The van der Waals surface area contributed by atoms with Crippen molar-refractivity contribution in [1.29, 1.82) is 0 Å². The molecule has 0 fully saturated rings. The number of rotatable bonds is 10. The lowest BCUT2D eigenvalue weighted by molar-refractivity contribution is 0.592. The summed E-state index contributed by atoms with van der Waals surface area (Å²) in [6.07, 6.45) is 15.8. The van der Waals surface area contributed by atoms with Gasteiger partial charge >= 0.3 is 0 Å². The molecule has 0 atom stereocenters. The minimum Gasteiger partial charge on any atom is -0.309 e. The number of nitrogens with zero attached hydrogens (tertiary/aromatic N) is 2. The number of para-hydroxylation sites is 1. The monoisotopic (exact) mass is 738 g/mol. The molecule has 0 amide bonds. The van der Waals surface area contributed by atoms with Gasteiger partial charge in [-0.15, -0.1) is 0 Å². The Bertz CT molecular complexity index is 3010. The van der Waals surface area contributed by atoms with Gasteiger partial charge in [0, 0.05) is 49.0 Å². The van der Waals surface area contributed by atoms with Gasteiger partial charge in [-0.05, 0) is 65.4 Å². The maximum atomic E-state index is 15.3. The minimum atomic E-state index is -3.17. The number of benzene rings is 7. The van der Waals surface area contributed by atoms with Crippen molar-refractivity contribution in [3.05, 3.63) is 225 Å². The van der Waals surface area contributed by atoms with Gasteiger partial charge in [0.25, 0.3) is 0 Å². The first kappa shape index (κ1) is 34.8. The summed E-state index contributed by atoms with van der Waals surface area (Å²) < 4.78 is 20.1. The zero-order valence-electron chi connectivity index (χ0n) is 30.9. The van der Waals surface area contributed by atoms with Crippen molar-refractivity contribution in [3.63, 3.8) is 0 Å². The first-order valence-electron chi connectivity index (χ1n) is 18.8. The third-order valence-electron chi connectivity index (χ3n) is 10.6. The second kappa shape index (κ2) is 14.7. The highest BCUT2D eigenvalue weighted by molar-refractivity contribution is 7.85. The summed E-state index contributed by atoms with van der Waals surface area (Å²) in [7, 11) is -3.17. The molecule has 0 bridgehead atoms. The molecule has 7 aromatic carbocycles. The van der Waals surface area contributed by atoms with E-state index >= 15 is 4.57 Å². The molecule has 2 heterocycles. The number of hydrogen-bond acceptors (Lipinski definition) is 1. The standard InChI is InChI=1S/C52H39N2OP/c1-3-5-6-7-8-18-29-45-46-34-35-47-48-36-38-21-19-20-22-39(38)37-50(48)54(40-23-12-9-13-24-40)52(47)51(46)53(49(45)4-2)41-30-32-44(33-31-41)56(55,42-25-14-10-15-26-42)43-27-16-11-17-28-43/h3-37H,1-2H2/b6-5-,8-7-,29-18-. The molecule has 268 valence electrons. The van der Waals surface area contributed by atoms with Crippen LogP contribution < -0.4 is 15.9 Å². The lowest BCUT2D eigenvalue weighted by atomic mass is 10.0. The van der Waals surface area contributed by atoms with Crippen LogP contribution in [0.1, 0.15) is 11.3 Å². The lowest BCUT2D eigenvalue weighted by Gasteiger charge is -2.20. The molecule has 2 aromatic heterocycles. The Balaban J connectivity index is 1.36. The van der Waals surface area contributed by atoms with Gasteiger partial charge in [0.05, 0.1) is 22.2 Å². The van der Waals surface area contributed by atoms with Gasteiger partial charge in [-0.25, -0.2) is 0 Å². The van der Waals surface area contributed by atoms with Crippen LogP contribution in [0.4, 0.5) is 0 Å². The maximum absolute atomic E-state index is 15.3. The molecule has 0 radical (unpaired) electrons. The first-order chi connectivity index (χ1) is 27.6. The third-order valence-corrected chi connectivity index (χ3v) is 13.6. The Labute approximate surface area is 327 Å². The predicted octanol–water partition coefficient (Wildman–Crippen LogP) is 12.5. The molecule has 0 spiro atoms. The summed E-state index contributed by atoms with van der Waals surface area (Å²) >= 11 is 0. The molecule has 0 saturated carbocycles. The highest BCUT2D eigenvalue weighted by atomic mass is 31.2. The second-order valence-corrected chi connectivity index (χ2v) is 16.5. The third kappa shape index (κ3) is 5.82. The molecule has 9 rings (SSSR count). The highest BCUT2D eigenvalue weighted by Gasteiger charge is 2.30. The van der Waals surface area contributed by atoms with E-state index in [1.165, 1.54) is 16.2 Å². The van der Waals surface area contributed by atoms with Gasteiger partial charge in [-0.3, -0.25) is 0 Å². The van der Waals surface area contributed by atoms with Crippen LogP contribution in [0.25, 0.3) is 67.0 Å². The molecular formula is C52H39N2OP. The normalized spacial score (nSPS) is 12.3. The van der Waals surface area contributed by atoms with E-state index in [-0.39, 0.29) is 0 Å². The SMILES string of the molecule is C=C\C=C/C=C\C=C/c1c(C=C)n(-c2ccc(P(=O)(c3ccccc3)c3ccccc3)cc2)c2c1ccc1c3cc4ccccc4cc3n(-c3ccccc3)c12. The van der Waals surface area contributed by atoms with Crippen LogP contribution in [-0.2, 0) is 4.57 Å². The summed E-state index contributed by atoms with van der Waals surface area (Å²) in [6.45, 7) is 8.15. The van der Waals surface area contributed by atoms with Gasteiger partial charge in [0.2, 0.25) is 0 Å². The molecule has 4 heteroatoms. The van der Waals surface area contributed by atoms with E-state index in [9.17, 15) is 0 Å². The van der Waals surface area contributed by atoms with Crippen LogP contribution in [0, 0.1) is 0 Å². The number of allylic oxidation sites excluding steroid dienone is 6. The minimum absolute atomic E-state index is 0.781. The fraction of sp³-hybridized carbons (Fsp3) is 0. The molecule has 0 unspecified atom stereocenters. The van der Waals surface area contributed by atoms with Crippen molar-refractivity contribution in [1.82, 2.24) is 9.13 Å². The highest BCUT2D eigenvalue weighted by Crippen LogP contribution is 2.44. The lowest BCUT2D eigenvalue weighted by Crippen LogP contribution is -2.25. The molecule has 0 N–H and O–H groups in total. The van der Waals surface area contributed by atoms with Crippen molar-refractivity contribution in [3.8, 4) is 11.4 Å². The average molecular weight is 739 g/mol. The quantitative estimate of drug-likeness (QED) is 0.101. The molecule has 9 aromatic rings. The van der Waals surface area contributed by atoms with Crippen LogP contribution in [-0.4, -0.2) is 9.13 Å². The Morgan fingerprint density at radius 3 is 1.62 bits per heavy atom. The first-order valence-corrected chi connectivity index (χ1v) is 20.5. The number of aromatic nitrogens is 2. The van der Waals surface area contributed by atoms with Gasteiger partial charge in [0.15, 0.2) is 7.14 Å². The van der Waals surface area contributed by atoms with Gasteiger partial charge < -0.3 is 13.7 Å². The average Bonchev–Trinajstić information content (AvgIpc) is 3.76. The Morgan fingerprint density at radius 1 is 0.464 bits per heavy atom. The van der Waals surface area contributed by atoms with Gasteiger partial charge in [-0.2, -0.15) is 0 Å². The van der Waals surface area contributed by atoms with E-state index in [1.807, 2.05) is 103 Å². The zero-order chi connectivity index (χ0) is 38.1. The van der Waals surface area contributed by atoms with Crippen molar-refractivity contribution in [2.75, 3.05) is 0 Å². The number of fused-ring (bicyclic) bond motifs is 6. The summed E-state index contributed by atoms with van der Waals surface area (Å²) in [4.78, 5) is 0. The van der Waals surface area contributed by atoms with E-state index in [0.717, 1.165) is 65.9 Å². The molecule has 0 aliphatic carbocycles. The molecule has 0 aliphatic rings. The molecular weight excluding hydrogens is 700 g/mol. The topological polar surface area (TPSA) is 26.9 Å². The van der Waals surface area contributed by atoms with E-state index in [0.29, 0.717) is 0 Å². The van der Waals surface area contributed by atoms with Crippen LogP contribution in [0.15, 0.2) is 213 Å². The van der Waals surface area contributed by atoms with Crippen molar-refractivity contribution in [2.24, 2.45) is 0 Å². The van der Waals surface area contributed by atoms with Crippen LogP contribution >= 0.6 is 7.14 Å². The van der Waals surface area contributed by atoms with Crippen LogP contribution in [0.2, 0.25) is 0 Å². The second-order valence-electron chi connectivity index (χ2n) is 13.7. The van der Waals surface area contributed by atoms with E-state index < -0.39 is 7.14 Å². The van der Waals surface area contributed by atoms with Crippen LogP contribution in [0.5, 0.6) is 0 Å². The summed E-state index contributed by atoms with van der Waals surface area (Å²) in [5.74, 6) is 0. The van der Waals surface area contributed by atoms with Crippen molar-refractivity contribution >= 4 is 78.7 Å². The largest absolute Gasteiger partial charge is 0.309 e. The van der Waals surface area contributed by atoms with Crippen LogP contribution in [0.3, 0.4) is 0 Å². The smallest absolute Gasteiger partial charge is 0.171 e. The fourth-order valence-electron chi connectivity index (χ4n) is 8.04. The van der Waals surface area contributed by atoms with Gasteiger partial charge in [0.1, 0.15) is 0 Å². The van der Waals surface area contributed by atoms with E-state index in [4.69, 9.17) is 0 Å². The summed E-state index contributed by atoms with van der Waals surface area (Å²) in [5, 5.41) is 8.24. The van der Waals surface area contributed by atoms with E-state index in [2.05, 4.69) is 125 Å². The molecule has 0 aliphatic heterocycles. The Morgan fingerprint density at radius 2 is 0.982 bits per heavy atom. The van der Waals surface area contributed by atoms with Crippen molar-refractivity contribution in [2.45, 2.75) is 0 Å². The predicted molar refractivity (Wildman–Crippen MR) is 242 cm³/mol. The summed E-state index contributed by atoms with van der Waals surface area (Å²) in [5.41, 5.74) is 7.38.